The Bertz CT molecular complexity index is 2440. The highest BCUT2D eigenvalue weighted by molar-refractivity contribution is 6.26. The lowest BCUT2D eigenvalue weighted by atomic mass is 9.86. The summed E-state index contributed by atoms with van der Waals surface area (Å²) in [6.07, 6.45) is -0.556. The fourth-order valence-corrected chi connectivity index (χ4v) is 6.27. The van der Waals surface area contributed by atoms with Crippen molar-refractivity contribution in [1.82, 2.24) is 9.38 Å². The van der Waals surface area contributed by atoms with E-state index >= 15 is 0 Å². The van der Waals surface area contributed by atoms with Crippen molar-refractivity contribution in [3.63, 3.8) is 0 Å². The Balaban J connectivity index is 1.49. The zero-order chi connectivity index (χ0) is 30.8. The van der Waals surface area contributed by atoms with Crippen LogP contribution >= 0.6 is 0 Å². The van der Waals surface area contributed by atoms with E-state index in [9.17, 15) is 0 Å². The van der Waals surface area contributed by atoms with Crippen molar-refractivity contribution >= 4 is 59.6 Å². The molecule has 0 saturated carbocycles. The van der Waals surface area contributed by atoms with Crippen LogP contribution in [0.5, 0.6) is 0 Å². The third-order valence-electron chi connectivity index (χ3n) is 7.87. The number of aryl methyl sites for hydroxylation is 1. The quantitative estimate of drug-likeness (QED) is 0.213. The molecule has 188 valence electrons. The molecule has 0 aliphatic heterocycles. The number of para-hydroxylation sites is 1. The summed E-state index contributed by atoms with van der Waals surface area (Å²) in [6.45, 7) is 2.89. The van der Waals surface area contributed by atoms with E-state index in [2.05, 4.69) is 88.2 Å². The number of nitrogens with zero attached hydrogens (tertiary/aromatic N) is 2. The lowest BCUT2D eigenvalue weighted by Gasteiger charge is -2.20. The molecule has 0 N–H and O–H groups in total. The Morgan fingerprint density at radius 3 is 2.28 bits per heavy atom. The monoisotopic (exact) mass is 507 g/mol. The van der Waals surface area contributed by atoms with Gasteiger partial charge in [0.15, 0.2) is 0 Å². The summed E-state index contributed by atoms with van der Waals surface area (Å²) in [5, 5.41) is 9.19. The van der Waals surface area contributed by atoms with Crippen LogP contribution in [0.25, 0.3) is 70.9 Å². The van der Waals surface area contributed by atoms with Gasteiger partial charge in [0, 0.05) is 40.2 Å². The van der Waals surface area contributed by atoms with Crippen molar-refractivity contribution in [3.8, 4) is 11.3 Å². The minimum Gasteiger partial charge on any atom is -0.308 e. The second kappa shape index (κ2) is 7.80. The topological polar surface area (TPSA) is 17.3 Å². The van der Waals surface area contributed by atoms with Crippen molar-refractivity contribution in [2.24, 2.45) is 5.41 Å². The molecule has 3 heterocycles. The molecule has 0 spiro atoms. The number of fused-ring (bicyclic) bond motifs is 9. The second-order valence-corrected chi connectivity index (χ2v) is 11.6. The third kappa shape index (κ3) is 3.31. The maximum Gasteiger partial charge on any atom is 0.0705 e. The maximum absolute atomic E-state index is 9.02. The molecule has 39 heavy (non-hydrogen) atoms. The SMILES string of the molecule is [2H]C([2H])([2H])c1cnc(-c2cc3c4ccccc4n4c5cc6ccc7ccccc7c6cc5c(c2)c34)cc1C([2H])([2H])C(C)(C)C. The molecule has 0 aliphatic carbocycles. The van der Waals surface area contributed by atoms with Gasteiger partial charge < -0.3 is 4.40 Å². The Morgan fingerprint density at radius 1 is 0.718 bits per heavy atom. The van der Waals surface area contributed by atoms with E-state index in [4.69, 9.17) is 6.85 Å². The summed E-state index contributed by atoms with van der Waals surface area (Å²) < 4.78 is 44.8. The molecule has 0 radical (unpaired) electrons. The summed E-state index contributed by atoms with van der Waals surface area (Å²) in [5.41, 5.74) is 4.03. The number of aromatic nitrogens is 2. The first-order valence-electron chi connectivity index (χ1n) is 15.9. The molecule has 3 aromatic heterocycles. The molecule has 5 aromatic carbocycles. The Kier molecular flexibility index (Phi) is 3.59. The first-order chi connectivity index (χ1) is 20.8. The van der Waals surface area contributed by atoms with Gasteiger partial charge in [-0.25, -0.2) is 0 Å². The zero-order valence-electron chi connectivity index (χ0n) is 27.1. The van der Waals surface area contributed by atoms with Gasteiger partial charge in [0.1, 0.15) is 0 Å². The van der Waals surface area contributed by atoms with Crippen molar-refractivity contribution in [2.45, 2.75) is 34.0 Å². The predicted molar refractivity (Wildman–Crippen MR) is 167 cm³/mol. The number of pyridine rings is 1. The molecule has 0 saturated heterocycles. The molecule has 0 aliphatic rings. The summed E-state index contributed by atoms with van der Waals surface area (Å²) in [5.74, 6) is 0. The van der Waals surface area contributed by atoms with Gasteiger partial charge in [0.2, 0.25) is 0 Å². The molecule has 2 heteroatoms. The summed E-state index contributed by atoms with van der Waals surface area (Å²) >= 11 is 0. The Labute approximate surface area is 234 Å². The van der Waals surface area contributed by atoms with Crippen LogP contribution in [0.2, 0.25) is 0 Å². The molecule has 0 amide bonds. The van der Waals surface area contributed by atoms with Crippen molar-refractivity contribution < 1.29 is 6.85 Å². The number of hydrogen-bond donors (Lipinski definition) is 0. The van der Waals surface area contributed by atoms with Gasteiger partial charge in [-0.3, -0.25) is 4.98 Å². The first-order valence-corrected chi connectivity index (χ1v) is 13.4. The molecule has 0 fully saturated rings. The number of hydrogen-bond acceptors (Lipinski definition) is 1. The maximum atomic E-state index is 9.02. The van der Waals surface area contributed by atoms with Crippen LogP contribution in [0.4, 0.5) is 0 Å². The number of rotatable bonds is 2. The van der Waals surface area contributed by atoms with Crippen LogP contribution in [-0.2, 0) is 6.37 Å². The van der Waals surface area contributed by atoms with E-state index in [1.54, 1.807) is 26.8 Å². The lowest BCUT2D eigenvalue weighted by molar-refractivity contribution is 0.410. The van der Waals surface area contributed by atoms with Gasteiger partial charge in [-0.1, -0.05) is 75.4 Å². The van der Waals surface area contributed by atoms with Crippen molar-refractivity contribution in [2.75, 3.05) is 0 Å². The van der Waals surface area contributed by atoms with Gasteiger partial charge in [0.05, 0.1) is 22.2 Å². The Hall–Kier alpha value is -4.43. The van der Waals surface area contributed by atoms with Gasteiger partial charge in [-0.15, -0.1) is 0 Å². The van der Waals surface area contributed by atoms with Crippen LogP contribution in [0.15, 0.2) is 97.2 Å². The number of benzene rings is 5. The van der Waals surface area contributed by atoms with Crippen molar-refractivity contribution in [3.05, 3.63) is 108 Å². The smallest absolute Gasteiger partial charge is 0.0705 e. The average molecular weight is 508 g/mol. The zero-order valence-corrected chi connectivity index (χ0v) is 22.1. The molecule has 2 nitrogen and oxygen atoms in total. The van der Waals surface area contributed by atoms with Crippen LogP contribution < -0.4 is 0 Å². The lowest BCUT2D eigenvalue weighted by Crippen LogP contribution is -2.10. The standard InChI is InChI=1S/C37H30N2/c1-22-21-38-33(17-26(22)20-37(2,3)4)25-15-31-28-11-7-8-12-34(28)39-35-18-24-14-13-23-9-5-6-10-27(23)29(24)19-30(35)32(16-25)36(31)39/h5-19,21H,20H2,1-4H3/i1D3,20D2. The van der Waals surface area contributed by atoms with E-state index in [-0.39, 0.29) is 11.1 Å². The molecule has 8 aromatic rings. The van der Waals surface area contributed by atoms with E-state index in [1.807, 2.05) is 6.07 Å². The van der Waals surface area contributed by atoms with Gasteiger partial charge in [-0.05, 0) is 87.7 Å². The normalized spacial score (nSPS) is 15.3. The van der Waals surface area contributed by atoms with Gasteiger partial charge in [-0.2, -0.15) is 0 Å². The highest BCUT2D eigenvalue weighted by Gasteiger charge is 2.21. The molecule has 0 bridgehead atoms. The van der Waals surface area contributed by atoms with E-state index in [1.165, 1.54) is 27.7 Å². The van der Waals surface area contributed by atoms with Crippen LogP contribution in [0, 0.1) is 12.3 Å². The molecule has 0 atom stereocenters. The second-order valence-electron chi connectivity index (χ2n) is 11.6. The predicted octanol–water partition coefficient (Wildman–Crippen LogP) is 10.1. The summed E-state index contributed by atoms with van der Waals surface area (Å²) in [4.78, 5) is 4.65. The third-order valence-corrected chi connectivity index (χ3v) is 7.87. The average Bonchev–Trinajstić information content (AvgIpc) is 3.49. The van der Waals surface area contributed by atoms with E-state index in [0.717, 1.165) is 43.7 Å². The Morgan fingerprint density at radius 2 is 1.46 bits per heavy atom. The van der Waals surface area contributed by atoms with Crippen LogP contribution in [0.1, 0.15) is 38.8 Å². The highest BCUT2D eigenvalue weighted by atomic mass is 14.9. The van der Waals surface area contributed by atoms with Crippen LogP contribution in [-0.4, -0.2) is 9.38 Å². The van der Waals surface area contributed by atoms with Crippen LogP contribution in [0.3, 0.4) is 0 Å². The summed E-state index contributed by atoms with van der Waals surface area (Å²) in [7, 11) is 0. The molecular formula is C37H30N2. The van der Waals surface area contributed by atoms with Gasteiger partial charge >= 0.3 is 0 Å². The van der Waals surface area contributed by atoms with E-state index in [0.29, 0.717) is 5.69 Å². The molecular weight excluding hydrogens is 472 g/mol. The molecule has 8 rings (SSSR count). The first kappa shape index (κ1) is 18.0. The fourth-order valence-electron chi connectivity index (χ4n) is 6.27. The summed E-state index contributed by atoms with van der Waals surface area (Å²) in [6, 6.07) is 31.7. The largest absolute Gasteiger partial charge is 0.308 e. The highest BCUT2D eigenvalue weighted by Crippen LogP contribution is 2.43. The van der Waals surface area contributed by atoms with Gasteiger partial charge in [0.25, 0.3) is 0 Å². The molecule has 0 unspecified atom stereocenters. The van der Waals surface area contributed by atoms with Crippen molar-refractivity contribution in [1.29, 1.82) is 0 Å². The fraction of sp³-hybridized carbons (Fsp3) is 0.162. The van der Waals surface area contributed by atoms with E-state index < -0.39 is 18.6 Å². The minimum absolute atomic E-state index is 0.0490. The minimum atomic E-state index is -2.49.